The Morgan fingerprint density at radius 2 is 2.14 bits per heavy atom. The molecule has 0 saturated heterocycles. The van der Waals surface area contributed by atoms with Gasteiger partial charge in [-0.3, -0.25) is 0 Å². The lowest BCUT2D eigenvalue weighted by atomic mass is 10.1. The van der Waals surface area contributed by atoms with Crippen molar-refractivity contribution in [1.82, 2.24) is 9.71 Å². The van der Waals surface area contributed by atoms with Crippen molar-refractivity contribution >= 4 is 38.6 Å². The zero-order valence-corrected chi connectivity index (χ0v) is 13.8. The van der Waals surface area contributed by atoms with Crippen molar-refractivity contribution in [3.63, 3.8) is 0 Å². The maximum Gasteiger partial charge on any atom is 0.216 e. The lowest BCUT2D eigenvalue weighted by Crippen LogP contribution is -2.25. The fourth-order valence-corrected chi connectivity index (χ4v) is 3.97. The molecule has 0 spiro atoms. The Morgan fingerprint density at radius 3 is 2.76 bits per heavy atom. The Kier molecular flexibility index (Phi) is 5.04. The van der Waals surface area contributed by atoms with E-state index in [1.54, 1.807) is 30.5 Å². The van der Waals surface area contributed by atoms with Gasteiger partial charge in [0.2, 0.25) is 10.0 Å². The Bertz CT molecular complexity index is 754. The number of nitrogens with two attached hydrogens (primary N) is 1. The molecule has 3 N–H and O–H groups in total. The topological polar surface area (TPSA) is 85.1 Å². The van der Waals surface area contributed by atoms with Gasteiger partial charge in [-0.2, -0.15) is 0 Å². The summed E-state index contributed by atoms with van der Waals surface area (Å²) in [5.74, 6) is -0.154. The summed E-state index contributed by atoms with van der Waals surface area (Å²) in [7, 11) is -3.47. The molecule has 0 bridgehead atoms. The van der Waals surface area contributed by atoms with E-state index in [0.29, 0.717) is 11.1 Å². The van der Waals surface area contributed by atoms with Crippen LogP contribution in [0, 0.1) is 6.92 Å². The van der Waals surface area contributed by atoms with E-state index in [9.17, 15) is 8.42 Å². The normalized spacial score (nSPS) is 11.5. The molecule has 0 saturated carbocycles. The predicted octanol–water partition coefficient (Wildman–Crippen LogP) is 1.71. The first kappa shape index (κ1) is 16.0. The summed E-state index contributed by atoms with van der Waals surface area (Å²) in [6, 6.07) is 6.97. The lowest BCUT2D eigenvalue weighted by Gasteiger charge is -2.09. The van der Waals surface area contributed by atoms with Gasteiger partial charge in [-0.05, 0) is 12.5 Å². The van der Waals surface area contributed by atoms with Crippen LogP contribution >= 0.6 is 23.6 Å². The summed E-state index contributed by atoms with van der Waals surface area (Å²) in [4.78, 5) is 5.16. The molecule has 2 aromatic rings. The van der Waals surface area contributed by atoms with Crippen LogP contribution in [-0.2, 0) is 22.3 Å². The third-order valence-electron chi connectivity index (χ3n) is 2.76. The van der Waals surface area contributed by atoms with E-state index in [2.05, 4.69) is 9.71 Å². The SMILES string of the molecule is Cc1ncc(CNS(=O)(=O)Cc2ccccc2C(N)=S)s1. The van der Waals surface area contributed by atoms with Crippen LogP contribution in [-0.4, -0.2) is 18.4 Å². The third kappa shape index (κ3) is 4.57. The van der Waals surface area contributed by atoms with Crippen LogP contribution in [0.4, 0.5) is 0 Å². The highest BCUT2D eigenvalue weighted by atomic mass is 32.2. The van der Waals surface area contributed by atoms with Crippen LogP contribution in [0.3, 0.4) is 0 Å². The first-order chi connectivity index (χ1) is 9.87. The second kappa shape index (κ2) is 6.61. The minimum Gasteiger partial charge on any atom is -0.389 e. The fraction of sp³-hybridized carbons (Fsp3) is 0.231. The molecule has 5 nitrogen and oxygen atoms in total. The predicted molar refractivity (Wildman–Crippen MR) is 88.6 cm³/mol. The number of nitrogens with zero attached hydrogens (tertiary/aromatic N) is 1. The van der Waals surface area contributed by atoms with Gasteiger partial charge in [0.25, 0.3) is 0 Å². The molecular weight excluding hydrogens is 326 g/mol. The Balaban J connectivity index is 2.09. The Labute approximate surface area is 133 Å². The first-order valence-corrected chi connectivity index (χ1v) is 9.01. The number of nitrogens with one attached hydrogen (secondary N) is 1. The van der Waals surface area contributed by atoms with Gasteiger partial charge in [0.1, 0.15) is 4.99 Å². The van der Waals surface area contributed by atoms with Crippen LogP contribution in [0.15, 0.2) is 30.5 Å². The number of aromatic nitrogens is 1. The minimum absolute atomic E-state index is 0.154. The van der Waals surface area contributed by atoms with Crippen LogP contribution in [0.5, 0.6) is 0 Å². The molecular formula is C13H15N3O2S3. The molecule has 0 unspecified atom stereocenters. The molecule has 0 aliphatic rings. The van der Waals surface area contributed by atoms with E-state index in [1.165, 1.54) is 11.3 Å². The van der Waals surface area contributed by atoms with E-state index < -0.39 is 10.0 Å². The summed E-state index contributed by atoms with van der Waals surface area (Å²) in [5, 5.41) is 0.906. The van der Waals surface area contributed by atoms with Gasteiger partial charge in [-0.15, -0.1) is 11.3 Å². The summed E-state index contributed by atoms with van der Waals surface area (Å²) in [5.41, 5.74) is 6.80. The molecule has 0 radical (unpaired) electrons. The van der Waals surface area contributed by atoms with Gasteiger partial charge in [0.05, 0.1) is 10.8 Å². The first-order valence-electron chi connectivity index (χ1n) is 6.14. The number of sulfonamides is 1. The molecule has 0 amide bonds. The number of hydrogen-bond acceptors (Lipinski definition) is 5. The highest BCUT2D eigenvalue weighted by Crippen LogP contribution is 2.14. The largest absolute Gasteiger partial charge is 0.389 e. The van der Waals surface area contributed by atoms with Gasteiger partial charge in [-0.25, -0.2) is 18.1 Å². The molecule has 1 aromatic heterocycles. The summed E-state index contributed by atoms with van der Waals surface area (Å²) >= 11 is 6.40. The standard InChI is InChI=1S/C13H15N3O2S3/c1-9-15-6-11(20-9)7-16-21(17,18)8-10-4-2-3-5-12(10)13(14)19/h2-6,16H,7-8H2,1H3,(H2,14,19). The highest BCUT2D eigenvalue weighted by molar-refractivity contribution is 7.88. The average molecular weight is 341 g/mol. The second-order valence-electron chi connectivity index (χ2n) is 4.45. The Hall–Kier alpha value is -1.35. The minimum atomic E-state index is -3.47. The number of thiocarbonyl (C=S) groups is 1. The molecule has 112 valence electrons. The van der Waals surface area contributed by atoms with Crippen molar-refractivity contribution in [2.45, 2.75) is 19.2 Å². The van der Waals surface area contributed by atoms with Gasteiger partial charge in [-0.1, -0.05) is 36.5 Å². The Morgan fingerprint density at radius 1 is 1.43 bits per heavy atom. The number of rotatable bonds is 6. The van der Waals surface area contributed by atoms with E-state index in [0.717, 1.165) is 9.88 Å². The number of aryl methyl sites for hydroxylation is 1. The molecule has 0 atom stereocenters. The maximum absolute atomic E-state index is 12.1. The van der Waals surface area contributed by atoms with E-state index >= 15 is 0 Å². The molecule has 0 aliphatic heterocycles. The third-order valence-corrected chi connectivity index (χ3v) is 5.17. The van der Waals surface area contributed by atoms with Crippen LogP contribution in [0.2, 0.25) is 0 Å². The average Bonchev–Trinajstić information content (AvgIpc) is 2.82. The van der Waals surface area contributed by atoms with Crippen molar-refractivity contribution in [3.8, 4) is 0 Å². The van der Waals surface area contributed by atoms with E-state index in [-0.39, 0.29) is 17.3 Å². The van der Waals surface area contributed by atoms with E-state index in [4.69, 9.17) is 18.0 Å². The van der Waals surface area contributed by atoms with Gasteiger partial charge < -0.3 is 5.73 Å². The fourth-order valence-electron chi connectivity index (χ4n) is 1.81. The van der Waals surface area contributed by atoms with Gasteiger partial charge in [0.15, 0.2) is 0 Å². The quantitative estimate of drug-likeness (QED) is 0.781. The molecule has 0 aliphatic carbocycles. The molecule has 1 aromatic carbocycles. The van der Waals surface area contributed by atoms with Crippen molar-refractivity contribution in [2.75, 3.05) is 0 Å². The molecule has 0 fully saturated rings. The summed E-state index contributed by atoms with van der Waals surface area (Å²) in [6.45, 7) is 2.12. The zero-order valence-electron chi connectivity index (χ0n) is 11.4. The number of thiazole rings is 1. The number of benzene rings is 1. The smallest absolute Gasteiger partial charge is 0.216 e. The van der Waals surface area contributed by atoms with E-state index in [1.807, 2.05) is 6.92 Å². The highest BCUT2D eigenvalue weighted by Gasteiger charge is 2.15. The van der Waals surface area contributed by atoms with Crippen molar-refractivity contribution < 1.29 is 8.42 Å². The van der Waals surface area contributed by atoms with Gasteiger partial charge >= 0.3 is 0 Å². The molecule has 2 rings (SSSR count). The maximum atomic E-state index is 12.1. The zero-order chi connectivity index (χ0) is 15.5. The lowest BCUT2D eigenvalue weighted by molar-refractivity contribution is 0.581. The molecule has 8 heteroatoms. The molecule has 21 heavy (non-hydrogen) atoms. The van der Waals surface area contributed by atoms with Crippen LogP contribution in [0.25, 0.3) is 0 Å². The van der Waals surface area contributed by atoms with Gasteiger partial charge in [0, 0.05) is 23.2 Å². The monoisotopic (exact) mass is 341 g/mol. The van der Waals surface area contributed by atoms with Crippen molar-refractivity contribution in [3.05, 3.63) is 51.5 Å². The second-order valence-corrected chi connectivity index (χ2v) is 8.01. The van der Waals surface area contributed by atoms with Crippen LogP contribution < -0.4 is 10.5 Å². The van der Waals surface area contributed by atoms with Crippen molar-refractivity contribution in [2.24, 2.45) is 5.73 Å². The summed E-state index contributed by atoms with van der Waals surface area (Å²) < 4.78 is 26.8. The summed E-state index contributed by atoms with van der Waals surface area (Å²) in [6.07, 6.45) is 1.67. The number of hydrogen-bond donors (Lipinski definition) is 2. The molecule has 1 heterocycles. The van der Waals surface area contributed by atoms with Crippen LogP contribution in [0.1, 0.15) is 21.0 Å². The van der Waals surface area contributed by atoms with Crippen molar-refractivity contribution in [1.29, 1.82) is 0 Å².